The molecule has 0 atom stereocenters. The van der Waals surface area contributed by atoms with Gasteiger partial charge in [-0.25, -0.2) is 4.79 Å². The summed E-state index contributed by atoms with van der Waals surface area (Å²) in [7, 11) is 0. The van der Waals surface area contributed by atoms with Crippen LogP contribution in [-0.2, 0) is 4.79 Å². The zero-order valence-corrected chi connectivity index (χ0v) is 14.5. The molecule has 134 valence electrons. The Hall–Kier alpha value is -2.89. The van der Waals surface area contributed by atoms with Gasteiger partial charge in [0, 0.05) is 30.1 Å². The van der Waals surface area contributed by atoms with Crippen LogP contribution in [0.2, 0.25) is 0 Å². The molecule has 6 nitrogen and oxygen atoms in total. The van der Waals surface area contributed by atoms with Crippen molar-refractivity contribution in [2.24, 2.45) is 0 Å². The molecular formula is C20H21N3O3. The molecule has 1 saturated heterocycles. The van der Waals surface area contributed by atoms with Crippen LogP contribution in [-0.4, -0.2) is 27.9 Å². The van der Waals surface area contributed by atoms with E-state index in [0.717, 1.165) is 31.2 Å². The molecule has 2 aliphatic rings. The maximum Gasteiger partial charge on any atom is 0.329 e. The number of urea groups is 1. The minimum Gasteiger partial charge on any atom is -0.457 e. The minimum atomic E-state index is -0.327. The van der Waals surface area contributed by atoms with E-state index in [0.29, 0.717) is 11.5 Å². The van der Waals surface area contributed by atoms with Gasteiger partial charge >= 0.3 is 6.03 Å². The Morgan fingerprint density at radius 1 is 1.12 bits per heavy atom. The SMILES string of the molecule is O=C1N/C(=C\c2ccc(-c3cccnc3)o2)C(=O)N1C1CCCCCC1. The molecule has 1 aliphatic heterocycles. The molecule has 3 heterocycles. The first-order valence-corrected chi connectivity index (χ1v) is 9.09. The average molecular weight is 351 g/mol. The van der Waals surface area contributed by atoms with Crippen molar-refractivity contribution in [1.29, 1.82) is 0 Å². The molecule has 0 radical (unpaired) electrons. The number of rotatable bonds is 3. The van der Waals surface area contributed by atoms with Crippen molar-refractivity contribution < 1.29 is 14.0 Å². The number of imide groups is 1. The lowest BCUT2D eigenvalue weighted by molar-refractivity contribution is -0.124. The van der Waals surface area contributed by atoms with Gasteiger partial charge in [-0.15, -0.1) is 0 Å². The van der Waals surface area contributed by atoms with Crippen LogP contribution in [0.5, 0.6) is 0 Å². The zero-order valence-electron chi connectivity index (χ0n) is 14.5. The highest BCUT2D eigenvalue weighted by atomic mass is 16.3. The Labute approximate surface area is 151 Å². The highest BCUT2D eigenvalue weighted by Gasteiger charge is 2.38. The van der Waals surface area contributed by atoms with E-state index in [-0.39, 0.29) is 23.7 Å². The fourth-order valence-corrected chi connectivity index (χ4v) is 3.63. The normalized spacial score (nSPS) is 20.5. The van der Waals surface area contributed by atoms with E-state index in [1.165, 1.54) is 17.7 Å². The van der Waals surface area contributed by atoms with Gasteiger partial charge in [-0.05, 0) is 37.1 Å². The Bertz CT molecular complexity index is 833. The van der Waals surface area contributed by atoms with Crippen LogP contribution in [0.1, 0.15) is 44.3 Å². The molecule has 1 aliphatic carbocycles. The van der Waals surface area contributed by atoms with Gasteiger partial charge in [-0.3, -0.25) is 14.7 Å². The van der Waals surface area contributed by atoms with Gasteiger partial charge in [0.2, 0.25) is 0 Å². The summed E-state index contributed by atoms with van der Waals surface area (Å²) >= 11 is 0. The molecule has 4 rings (SSSR count). The molecule has 3 amide bonds. The van der Waals surface area contributed by atoms with Crippen molar-refractivity contribution in [3.8, 4) is 11.3 Å². The number of pyridine rings is 1. The Kier molecular flexibility index (Phi) is 4.56. The predicted molar refractivity (Wildman–Crippen MR) is 96.8 cm³/mol. The quantitative estimate of drug-likeness (QED) is 0.516. The van der Waals surface area contributed by atoms with E-state index in [4.69, 9.17) is 4.42 Å². The molecule has 0 aromatic carbocycles. The molecule has 6 heteroatoms. The summed E-state index contributed by atoms with van der Waals surface area (Å²) in [5.74, 6) is 0.929. The monoisotopic (exact) mass is 351 g/mol. The fraction of sp³-hybridized carbons (Fsp3) is 0.350. The fourth-order valence-electron chi connectivity index (χ4n) is 3.63. The first-order chi connectivity index (χ1) is 12.7. The number of aromatic nitrogens is 1. The second kappa shape index (κ2) is 7.15. The van der Waals surface area contributed by atoms with Crippen LogP contribution < -0.4 is 5.32 Å². The number of nitrogens with zero attached hydrogens (tertiary/aromatic N) is 2. The Morgan fingerprint density at radius 2 is 1.92 bits per heavy atom. The van der Waals surface area contributed by atoms with Crippen LogP contribution in [0.15, 0.2) is 46.8 Å². The topological polar surface area (TPSA) is 75.4 Å². The molecule has 26 heavy (non-hydrogen) atoms. The van der Waals surface area contributed by atoms with Crippen LogP contribution in [0.4, 0.5) is 4.79 Å². The number of hydrogen-bond donors (Lipinski definition) is 1. The highest BCUT2D eigenvalue weighted by molar-refractivity contribution is 6.14. The number of carbonyl (C=O) groups is 2. The number of nitrogens with one attached hydrogen (secondary N) is 1. The van der Waals surface area contributed by atoms with E-state index in [1.807, 2.05) is 18.2 Å². The van der Waals surface area contributed by atoms with Gasteiger partial charge in [0.25, 0.3) is 5.91 Å². The van der Waals surface area contributed by atoms with Gasteiger partial charge in [-0.1, -0.05) is 25.7 Å². The molecule has 0 spiro atoms. The lowest BCUT2D eigenvalue weighted by atomic mass is 10.1. The van der Waals surface area contributed by atoms with Crippen molar-refractivity contribution in [2.45, 2.75) is 44.6 Å². The maximum atomic E-state index is 12.7. The lowest BCUT2D eigenvalue weighted by Gasteiger charge is -2.23. The van der Waals surface area contributed by atoms with Crippen molar-refractivity contribution in [2.75, 3.05) is 0 Å². The van der Waals surface area contributed by atoms with Crippen molar-refractivity contribution in [1.82, 2.24) is 15.2 Å². The zero-order chi connectivity index (χ0) is 17.9. The molecule has 2 fully saturated rings. The van der Waals surface area contributed by atoms with Gasteiger partial charge in [0.15, 0.2) is 0 Å². The predicted octanol–water partition coefficient (Wildman–Crippen LogP) is 3.96. The number of amides is 3. The lowest BCUT2D eigenvalue weighted by Crippen LogP contribution is -2.40. The largest absolute Gasteiger partial charge is 0.457 e. The van der Waals surface area contributed by atoms with Crippen LogP contribution in [0.3, 0.4) is 0 Å². The van der Waals surface area contributed by atoms with Gasteiger partial charge in [0.05, 0.1) is 0 Å². The first kappa shape index (κ1) is 16.6. The van der Waals surface area contributed by atoms with Gasteiger partial charge in [0.1, 0.15) is 17.2 Å². The molecule has 1 N–H and O–H groups in total. The van der Waals surface area contributed by atoms with Crippen LogP contribution >= 0.6 is 0 Å². The molecule has 2 aromatic rings. The van der Waals surface area contributed by atoms with Crippen LogP contribution in [0.25, 0.3) is 17.4 Å². The standard InChI is InChI=1S/C20H21N3O3/c24-19-17(22-20(25)23(19)15-7-3-1-2-4-8-15)12-16-9-10-18(26-16)14-6-5-11-21-13-14/h5-6,9-13,15H,1-4,7-8H2,(H,22,25)/b17-12-. The summed E-state index contributed by atoms with van der Waals surface area (Å²) in [5.41, 5.74) is 1.13. The minimum absolute atomic E-state index is 0.00143. The van der Waals surface area contributed by atoms with E-state index < -0.39 is 0 Å². The van der Waals surface area contributed by atoms with Crippen molar-refractivity contribution >= 4 is 18.0 Å². The molecule has 1 saturated carbocycles. The summed E-state index contributed by atoms with van der Waals surface area (Å²) in [4.78, 5) is 30.5. The third kappa shape index (κ3) is 3.27. The van der Waals surface area contributed by atoms with Crippen molar-refractivity contribution in [3.05, 3.63) is 48.1 Å². The molecule has 0 bridgehead atoms. The summed E-state index contributed by atoms with van der Waals surface area (Å²) < 4.78 is 5.78. The van der Waals surface area contributed by atoms with E-state index in [1.54, 1.807) is 24.5 Å². The number of furan rings is 1. The van der Waals surface area contributed by atoms with Crippen LogP contribution in [0, 0.1) is 0 Å². The first-order valence-electron chi connectivity index (χ1n) is 9.09. The van der Waals surface area contributed by atoms with Gasteiger partial charge < -0.3 is 9.73 Å². The van der Waals surface area contributed by atoms with E-state index in [2.05, 4.69) is 10.3 Å². The Morgan fingerprint density at radius 3 is 2.65 bits per heavy atom. The third-order valence-corrected chi connectivity index (χ3v) is 4.96. The number of hydrogen-bond acceptors (Lipinski definition) is 4. The molecule has 2 aromatic heterocycles. The highest BCUT2D eigenvalue weighted by Crippen LogP contribution is 2.27. The van der Waals surface area contributed by atoms with E-state index in [9.17, 15) is 9.59 Å². The molecular weight excluding hydrogens is 330 g/mol. The average Bonchev–Trinajstić information content (AvgIpc) is 3.11. The third-order valence-electron chi connectivity index (χ3n) is 4.96. The second-order valence-electron chi connectivity index (χ2n) is 6.75. The van der Waals surface area contributed by atoms with Gasteiger partial charge in [-0.2, -0.15) is 0 Å². The van der Waals surface area contributed by atoms with E-state index >= 15 is 0 Å². The Balaban J connectivity index is 1.54. The second-order valence-corrected chi connectivity index (χ2v) is 6.75. The summed E-state index contributed by atoms with van der Waals surface area (Å²) in [6, 6.07) is 7.02. The van der Waals surface area contributed by atoms with Crippen molar-refractivity contribution in [3.63, 3.8) is 0 Å². The summed E-state index contributed by atoms with van der Waals surface area (Å²) in [6.07, 6.45) is 11.3. The maximum absolute atomic E-state index is 12.7. The summed E-state index contributed by atoms with van der Waals surface area (Å²) in [6.45, 7) is 0. The smallest absolute Gasteiger partial charge is 0.329 e. The summed E-state index contributed by atoms with van der Waals surface area (Å²) in [5, 5.41) is 2.70. The number of carbonyl (C=O) groups excluding carboxylic acids is 2. The molecule has 0 unspecified atom stereocenters.